The summed E-state index contributed by atoms with van der Waals surface area (Å²) in [5.41, 5.74) is 5.58. The van der Waals surface area contributed by atoms with Gasteiger partial charge in [-0.25, -0.2) is 0 Å². The van der Waals surface area contributed by atoms with Crippen molar-refractivity contribution in [2.45, 2.75) is 32.4 Å². The summed E-state index contributed by atoms with van der Waals surface area (Å²) in [6, 6.07) is 8.00. The molecule has 0 aliphatic rings. The zero-order chi connectivity index (χ0) is 12.3. The SMILES string of the molecule is CC(C)NC(C)(C(N)=O)c1ccc(I)cc1. The molecule has 16 heavy (non-hydrogen) atoms. The van der Waals surface area contributed by atoms with Crippen LogP contribution in [0.15, 0.2) is 24.3 Å². The van der Waals surface area contributed by atoms with Crippen LogP contribution in [0.2, 0.25) is 0 Å². The smallest absolute Gasteiger partial charge is 0.242 e. The van der Waals surface area contributed by atoms with E-state index in [2.05, 4.69) is 27.9 Å². The number of hydrogen-bond acceptors (Lipinski definition) is 2. The Morgan fingerprint density at radius 2 is 1.88 bits per heavy atom. The third-order valence-corrected chi connectivity index (χ3v) is 3.21. The Kier molecular flexibility index (Phi) is 4.32. The predicted octanol–water partition coefficient (Wildman–Crippen LogP) is 1.99. The molecule has 1 aromatic carbocycles. The molecule has 1 rings (SSSR count). The number of carbonyl (C=O) groups is 1. The van der Waals surface area contributed by atoms with Gasteiger partial charge < -0.3 is 5.73 Å². The van der Waals surface area contributed by atoms with Gasteiger partial charge in [-0.05, 0) is 61.1 Å². The predicted molar refractivity (Wildman–Crippen MR) is 74.0 cm³/mol. The third-order valence-electron chi connectivity index (χ3n) is 2.49. The van der Waals surface area contributed by atoms with Crippen molar-refractivity contribution >= 4 is 28.5 Å². The average molecular weight is 332 g/mol. The summed E-state index contributed by atoms with van der Waals surface area (Å²) < 4.78 is 1.14. The van der Waals surface area contributed by atoms with Crippen molar-refractivity contribution in [3.05, 3.63) is 33.4 Å². The fourth-order valence-corrected chi connectivity index (χ4v) is 2.02. The number of nitrogens with two attached hydrogens (primary N) is 1. The number of rotatable bonds is 4. The highest BCUT2D eigenvalue weighted by atomic mass is 127. The van der Waals surface area contributed by atoms with Gasteiger partial charge in [0.1, 0.15) is 5.54 Å². The van der Waals surface area contributed by atoms with Crippen molar-refractivity contribution < 1.29 is 4.79 Å². The van der Waals surface area contributed by atoms with E-state index in [0.29, 0.717) is 0 Å². The van der Waals surface area contributed by atoms with Crippen LogP contribution in [-0.2, 0) is 10.3 Å². The molecule has 0 aromatic heterocycles. The molecular weight excluding hydrogens is 315 g/mol. The lowest BCUT2D eigenvalue weighted by Gasteiger charge is -2.30. The second-order valence-corrected chi connectivity index (χ2v) is 5.54. The molecule has 0 bridgehead atoms. The fourth-order valence-electron chi connectivity index (χ4n) is 1.66. The van der Waals surface area contributed by atoms with Gasteiger partial charge in [0.25, 0.3) is 0 Å². The van der Waals surface area contributed by atoms with Gasteiger partial charge in [-0.1, -0.05) is 12.1 Å². The minimum atomic E-state index is -0.807. The summed E-state index contributed by atoms with van der Waals surface area (Å²) in [6.45, 7) is 5.80. The first-order valence-electron chi connectivity index (χ1n) is 5.20. The van der Waals surface area contributed by atoms with Crippen LogP contribution >= 0.6 is 22.6 Å². The summed E-state index contributed by atoms with van der Waals surface area (Å²) in [7, 11) is 0. The van der Waals surface area contributed by atoms with Crippen molar-refractivity contribution in [2.24, 2.45) is 5.73 Å². The highest BCUT2D eigenvalue weighted by molar-refractivity contribution is 14.1. The molecule has 0 aliphatic carbocycles. The minimum Gasteiger partial charge on any atom is -0.368 e. The highest BCUT2D eigenvalue weighted by Gasteiger charge is 2.33. The maximum absolute atomic E-state index is 11.6. The summed E-state index contributed by atoms with van der Waals surface area (Å²) in [4.78, 5) is 11.6. The van der Waals surface area contributed by atoms with Gasteiger partial charge in [0.15, 0.2) is 0 Å². The Morgan fingerprint density at radius 1 is 1.38 bits per heavy atom. The van der Waals surface area contributed by atoms with Gasteiger partial charge in [-0.3, -0.25) is 10.1 Å². The molecular formula is C12H17IN2O. The van der Waals surface area contributed by atoms with E-state index in [-0.39, 0.29) is 11.9 Å². The molecule has 3 nitrogen and oxygen atoms in total. The highest BCUT2D eigenvalue weighted by Crippen LogP contribution is 2.22. The largest absolute Gasteiger partial charge is 0.368 e. The van der Waals surface area contributed by atoms with Crippen LogP contribution in [0.5, 0.6) is 0 Å². The Balaban J connectivity index is 3.11. The van der Waals surface area contributed by atoms with Crippen molar-refractivity contribution in [3.63, 3.8) is 0 Å². The second kappa shape index (κ2) is 5.14. The fraction of sp³-hybridized carbons (Fsp3) is 0.417. The number of hydrogen-bond donors (Lipinski definition) is 2. The van der Waals surface area contributed by atoms with Crippen LogP contribution in [-0.4, -0.2) is 11.9 Å². The van der Waals surface area contributed by atoms with Gasteiger partial charge in [-0.15, -0.1) is 0 Å². The van der Waals surface area contributed by atoms with E-state index in [0.717, 1.165) is 9.13 Å². The molecule has 0 spiro atoms. The van der Waals surface area contributed by atoms with Crippen LogP contribution in [0.3, 0.4) is 0 Å². The van der Waals surface area contributed by atoms with Crippen LogP contribution in [0.25, 0.3) is 0 Å². The molecule has 1 amide bonds. The molecule has 0 radical (unpaired) electrons. The zero-order valence-electron chi connectivity index (χ0n) is 9.75. The van der Waals surface area contributed by atoms with Crippen LogP contribution in [0, 0.1) is 3.57 Å². The first-order chi connectivity index (χ1) is 7.36. The number of nitrogens with one attached hydrogen (secondary N) is 1. The maximum Gasteiger partial charge on any atom is 0.242 e. The van der Waals surface area contributed by atoms with E-state index in [1.165, 1.54) is 0 Å². The molecule has 1 unspecified atom stereocenters. The number of primary amides is 1. The van der Waals surface area contributed by atoms with Crippen molar-refractivity contribution in [3.8, 4) is 0 Å². The molecule has 0 saturated heterocycles. The molecule has 3 N–H and O–H groups in total. The molecule has 0 aliphatic heterocycles. The molecule has 1 atom stereocenters. The van der Waals surface area contributed by atoms with E-state index in [4.69, 9.17) is 5.73 Å². The maximum atomic E-state index is 11.6. The quantitative estimate of drug-likeness (QED) is 0.829. The molecule has 88 valence electrons. The van der Waals surface area contributed by atoms with Gasteiger partial charge in [0, 0.05) is 9.61 Å². The van der Waals surface area contributed by atoms with Gasteiger partial charge in [0.05, 0.1) is 0 Å². The Morgan fingerprint density at radius 3 is 2.25 bits per heavy atom. The Labute approximate surface area is 110 Å². The van der Waals surface area contributed by atoms with Gasteiger partial charge >= 0.3 is 0 Å². The number of carbonyl (C=O) groups excluding carboxylic acids is 1. The van der Waals surface area contributed by atoms with Gasteiger partial charge in [0.2, 0.25) is 5.91 Å². The Bertz CT molecular complexity index is 375. The lowest BCUT2D eigenvalue weighted by molar-refractivity contribution is -0.124. The first-order valence-corrected chi connectivity index (χ1v) is 6.28. The van der Waals surface area contributed by atoms with Gasteiger partial charge in [-0.2, -0.15) is 0 Å². The Hall–Kier alpha value is -0.620. The molecule has 4 heteroatoms. The summed E-state index contributed by atoms with van der Waals surface area (Å²) in [6.07, 6.45) is 0. The van der Waals surface area contributed by atoms with Crippen molar-refractivity contribution in [1.82, 2.24) is 5.32 Å². The number of halogens is 1. The average Bonchev–Trinajstić information content (AvgIpc) is 2.17. The van der Waals surface area contributed by atoms with E-state index in [9.17, 15) is 4.79 Å². The molecule has 0 heterocycles. The summed E-state index contributed by atoms with van der Waals surface area (Å²) >= 11 is 2.23. The monoisotopic (exact) mass is 332 g/mol. The lowest BCUT2D eigenvalue weighted by Crippen LogP contribution is -2.52. The lowest BCUT2D eigenvalue weighted by atomic mass is 9.90. The summed E-state index contributed by atoms with van der Waals surface area (Å²) in [5.74, 6) is -0.359. The van der Waals surface area contributed by atoms with Crippen LogP contribution in [0.1, 0.15) is 26.3 Å². The van der Waals surface area contributed by atoms with E-state index < -0.39 is 5.54 Å². The molecule has 1 aromatic rings. The van der Waals surface area contributed by atoms with Crippen molar-refractivity contribution in [2.75, 3.05) is 0 Å². The normalized spacial score (nSPS) is 14.8. The number of benzene rings is 1. The van der Waals surface area contributed by atoms with E-state index in [1.807, 2.05) is 45.0 Å². The standard InChI is InChI=1S/C12H17IN2O/c1-8(2)15-12(3,11(14)16)9-4-6-10(13)7-5-9/h4-8,15H,1-3H3,(H2,14,16). The van der Waals surface area contributed by atoms with Crippen molar-refractivity contribution in [1.29, 1.82) is 0 Å². The third kappa shape index (κ3) is 2.95. The zero-order valence-corrected chi connectivity index (χ0v) is 11.9. The molecule has 0 saturated carbocycles. The topological polar surface area (TPSA) is 55.1 Å². The van der Waals surface area contributed by atoms with E-state index >= 15 is 0 Å². The minimum absolute atomic E-state index is 0.191. The van der Waals surface area contributed by atoms with E-state index in [1.54, 1.807) is 0 Å². The number of amides is 1. The second-order valence-electron chi connectivity index (χ2n) is 4.30. The van der Waals surface area contributed by atoms with Crippen LogP contribution in [0.4, 0.5) is 0 Å². The first kappa shape index (κ1) is 13.4. The summed E-state index contributed by atoms with van der Waals surface area (Å²) in [5, 5.41) is 3.21. The van der Waals surface area contributed by atoms with Crippen LogP contribution < -0.4 is 11.1 Å². The molecule has 0 fully saturated rings.